The van der Waals surface area contributed by atoms with E-state index in [1.165, 1.54) is 0 Å². The zero-order valence-electron chi connectivity index (χ0n) is 8.22. The highest BCUT2D eigenvalue weighted by atomic mass is 35.5. The smallest absolute Gasteiger partial charge is 0.544 e. The van der Waals surface area contributed by atoms with Crippen molar-refractivity contribution in [1.82, 2.24) is 0 Å². The van der Waals surface area contributed by atoms with Gasteiger partial charge < -0.3 is 14.6 Å². The standard InChI is InChI=1S/C9H4ClF5O3/c10-4-1-2-5(8(11,12)7(16)17)6(3-4)18-9(13,14)15/h1-3H,(H,16,17)/p-1. The fraction of sp³-hybridized carbons (Fsp3) is 0.222. The van der Waals surface area contributed by atoms with Crippen LogP contribution in [0.5, 0.6) is 5.75 Å². The van der Waals surface area contributed by atoms with Gasteiger partial charge in [0.25, 0.3) is 0 Å². The van der Waals surface area contributed by atoms with Crippen LogP contribution in [-0.2, 0) is 10.7 Å². The second kappa shape index (κ2) is 4.60. The number of hydrogen-bond donors (Lipinski definition) is 0. The number of ether oxygens (including phenoxy) is 1. The predicted octanol–water partition coefficient (Wildman–Crippen LogP) is 2.08. The van der Waals surface area contributed by atoms with Crippen LogP contribution >= 0.6 is 11.6 Å². The van der Waals surface area contributed by atoms with Crippen molar-refractivity contribution in [1.29, 1.82) is 0 Å². The Labute approximate surface area is 102 Å². The molecule has 0 spiro atoms. The summed E-state index contributed by atoms with van der Waals surface area (Å²) in [6, 6.07) is 1.65. The first-order chi connectivity index (χ1) is 8.04. The summed E-state index contributed by atoms with van der Waals surface area (Å²) in [6.45, 7) is 0. The Morgan fingerprint density at radius 2 is 1.78 bits per heavy atom. The topological polar surface area (TPSA) is 49.4 Å². The Balaban J connectivity index is 3.32. The molecule has 0 saturated heterocycles. The van der Waals surface area contributed by atoms with Gasteiger partial charge in [-0.25, -0.2) is 0 Å². The molecule has 0 aliphatic rings. The minimum Gasteiger partial charge on any atom is -0.544 e. The first-order valence-corrected chi connectivity index (χ1v) is 4.57. The molecule has 0 bridgehead atoms. The van der Waals surface area contributed by atoms with Crippen molar-refractivity contribution >= 4 is 17.6 Å². The first kappa shape index (κ1) is 14.5. The van der Waals surface area contributed by atoms with Crippen LogP contribution in [0.25, 0.3) is 0 Å². The van der Waals surface area contributed by atoms with Crippen LogP contribution in [0.1, 0.15) is 5.56 Å². The van der Waals surface area contributed by atoms with Gasteiger partial charge in [-0.1, -0.05) is 11.6 Å². The summed E-state index contributed by atoms with van der Waals surface area (Å²) in [4.78, 5) is 10.2. The number of alkyl halides is 5. The van der Waals surface area contributed by atoms with Gasteiger partial charge >= 0.3 is 12.3 Å². The van der Waals surface area contributed by atoms with E-state index in [1.807, 2.05) is 0 Å². The van der Waals surface area contributed by atoms with E-state index in [-0.39, 0.29) is 5.02 Å². The molecule has 1 aromatic rings. The van der Waals surface area contributed by atoms with Gasteiger partial charge in [0.05, 0.1) is 5.56 Å². The maximum absolute atomic E-state index is 13.1. The van der Waals surface area contributed by atoms with Gasteiger partial charge in [-0.2, -0.15) is 8.78 Å². The summed E-state index contributed by atoms with van der Waals surface area (Å²) in [7, 11) is 0. The van der Waals surface area contributed by atoms with E-state index in [0.29, 0.717) is 12.1 Å². The van der Waals surface area contributed by atoms with Crippen LogP contribution in [-0.4, -0.2) is 12.3 Å². The molecule has 0 unspecified atom stereocenters. The van der Waals surface area contributed by atoms with Crippen molar-refractivity contribution in [3.8, 4) is 5.75 Å². The average molecular weight is 290 g/mol. The number of rotatable bonds is 3. The van der Waals surface area contributed by atoms with Gasteiger partial charge in [0.1, 0.15) is 11.7 Å². The molecule has 0 atom stereocenters. The van der Waals surface area contributed by atoms with Crippen molar-refractivity contribution in [3.63, 3.8) is 0 Å². The summed E-state index contributed by atoms with van der Waals surface area (Å²) < 4.78 is 65.4. The lowest BCUT2D eigenvalue weighted by atomic mass is 10.1. The van der Waals surface area contributed by atoms with Crippen LogP contribution in [0.4, 0.5) is 22.0 Å². The summed E-state index contributed by atoms with van der Waals surface area (Å²) >= 11 is 5.32. The normalized spacial score (nSPS) is 12.3. The summed E-state index contributed by atoms with van der Waals surface area (Å²) in [5.74, 6) is -8.88. The van der Waals surface area contributed by atoms with Gasteiger partial charge in [0.15, 0.2) is 0 Å². The molecule has 0 saturated carbocycles. The molecule has 0 aliphatic carbocycles. The molecule has 1 rings (SSSR count). The van der Waals surface area contributed by atoms with E-state index in [9.17, 15) is 31.9 Å². The molecule has 0 aromatic heterocycles. The van der Waals surface area contributed by atoms with E-state index in [0.717, 1.165) is 6.07 Å². The Morgan fingerprint density at radius 1 is 1.22 bits per heavy atom. The lowest BCUT2D eigenvalue weighted by Crippen LogP contribution is -2.39. The van der Waals surface area contributed by atoms with Crippen LogP contribution < -0.4 is 9.84 Å². The molecular weight excluding hydrogens is 287 g/mol. The zero-order chi connectivity index (χ0) is 14.1. The predicted molar refractivity (Wildman–Crippen MR) is 47.0 cm³/mol. The van der Waals surface area contributed by atoms with Crippen LogP contribution in [0, 0.1) is 0 Å². The van der Waals surface area contributed by atoms with E-state index in [4.69, 9.17) is 11.6 Å². The van der Waals surface area contributed by atoms with Crippen molar-refractivity contribution in [2.24, 2.45) is 0 Å². The summed E-state index contributed by atoms with van der Waals surface area (Å²) in [5.41, 5.74) is -1.50. The number of carbonyl (C=O) groups excluding carboxylic acids is 1. The number of benzene rings is 1. The fourth-order valence-corrected chi connectivity index (χ4v) is 1.24. The first-order valence-electron chi connectivity index (χ1n) is 4.19. The highest BCUT2D eigenvalue weighted by Gasteiger charge is 2.40. The fourth-order valence-electron chi connectivity index (χ4n) is 1.07. The molecule has 3 nitrogen and oxygen atoms in total. The summed E-state index contributed by atoms with van der Waals surface area (Å²) in [5, 5.41) is 9.87. The monoisotopic (exact) mass is 289 g/mol. The van der Waals surface area contributed by atoms with Crippen molar-refractivity contribution in [2.45, 2.75) is 12.3 Å². The largest absolute Gasteiger partial charge is 0.573 e. The zero-order valence-corrected chi connectivity index (χ0v) is 8.98. The maximum atomic E-state index is 13.1. The number of halogens is 6. The van der Waals surface area contributed by atoms with E-state index < -0.39 is 29.6 Å². The Hall–Kier alpha value is -1.57. The highest BCUT2D eigenvalue weighted by molar-refractivity contribution is 6.30. The van der Waals surface area contributed by atoms with Crippen molar-refractivity contribution in [3.05, 3.63) is 28.8 Å². The molecule has 0 heterocycles. The third-order valence-corrected chi connectivity index (χ3v) is 2.00. The second-order valence-electron chi connectivity index (χ2n) is 3.05. The van der Waals surface area contributed by atoms with Crippen LogP contribution in [0.15, 0.2) is 18.2 Å². The van der Waals surface area contributed by atoms with E-state index >= 15 is 0 Å². The minimum absolute atomic E-state index is 0.327. The van der Waals surface area contributed by atoms with Gasteiger partial charge in [-0.15, -0.1) is 13.2 Å². The number of carboxylic acid groups (broad SMARTS) is 1. The number of carboxylic acids is 1. The molecule has 0 amide bonds. The number of hydrogen-bond acceptors (Lipinski definition) is 3. The average Bonchev–Trinajstić information content (AvgIpc) is 2.13. The van der Waals surface area contributed by atoms with Crippen LogP contribution in [0.2, 0.25) is 5.02 Å². The highest BCUT2D eigenvalue weighted by Crippen LogP contribution is 2.38. The Bertz CT molecular complexity index is 472. The Kier molecular flexibility index (Phi) is 3.70. The molecule has 18 heavy (non-hydrogen) atoms. The Morgan fingerprint density at radius 3 is 2.22 bits per heavy atom. The minimum atomic E-state index is -5.26. The maximum Gasteiger partial charge on any atom is 0.573 e. The quantitative estimate of drug-likeness (QED) is 0.801. The number of carbonyl (C=O) groups is 1. The third-order valence-electron chi connectivity index (χ3n) is 1.76. The molecule has 100 valence electrons. The molecular formula is C9H3ClF5O3-. The van der Waals surface area contributed by atoms with Crippen molar-refractivity contribution < 1.29 is 36.6 Å². The second-order valence-corrected chi connectivity index (χ2v) is 3.49. The molecule has 1 aromatic carbocycles. The molecule has 0 aliphatic heterocycles. The van der Waals surface area contributed by atoms with Crippen LogP contribution in [0.3, 0.4) is 0 Å². The molecule has 9 heteroatoms. The number of aliphatic carboxylic acids is 1. The molecule has 0 fully saturated rings. The third kappa shape index (κ3) is 3.22. The lowest BCUT2D eigenvalue weighted by Gasteiger charge is -2.21. The summed E-state index contributed by atoms with van der Waals surface area (Å²) in [6.07, 6.45) is -5.26. The lowest BCUT2D eigenvalue weighted by molar-refractivity contribution is -0.332. The van der Waals surface area contributed by atoms with E-state index in [1.54, 1.807) is 0 Å². The molecule has 0 radical (unpaired) electrons. The van der Waals surface area contributed by atoms with Gasteiger partial charge in [-0.3, -0.25) is 0 Å². The van der Waals surface area contributed by atoms with Crippen molar-refractivity contribution in [2.75, 3.05) is 0 Å². The van der Waals surface area contributed by atoms with Gasteiger partial charge in [0.2, 0.25) is 0 Å². The van der Waals surface area contributed by atoms with Gasteiger partial charge in [0, 0.05) is 5.02 Å². The SMILES string of the molecule is O=C([O-])C(F)(F)c1ccc(Cl)cc1OC(F)(F)F. The molecule has 0 N–H and O–H groups in total. The van der Waals surface area contributed by atoms with E-state index in [2.05, 4.69) is 4.74 Å². The van der Waals surface area contributed by atoms with Gasteiger partial charge in [-0.05, 0) is 18.2 Å².